The van der Waals surface area contributed by atoms with E-state index in [2.05, 4.69) is 5.32 Å². The summed E-state index contributed by atoms with van der Waals surface area (Å²) in [5.41, 5.74) is 1.01. The largest absolute Gasteiger partial charge is 0.385 e. The Morgan fingerprint density at radius 1 is 1.37 bits per heavy atom. The number of nitrogens with zero attached hydrogens (tertiary/aromatic N) is 1. The summed E-state index contributed by atoms with van der Waals surface area (Å²) in [4.78, 5) is 11.6. The molecule has 1 aromatic carbocycles. The summed E-state index contributed by atoms with van der Waals surface area (Å²) in [6.07, 6.45) is 5.29. The normalized spacial score (nSPS) is 15.6. The van der Waals surface area contributed by atoms with E-state index < -0.39 is 0 Å². The Labute approximate surface area is 118 Å². The van der Waals surface area contributed by atoms with Crippen molar-refractivity contribution in [3.8, 4) is 0 Å². The van der Waals surface area contributed by atoms with Gasteiger partial charge in [0.15, 0.2) is 0 Å². The number of hydrogen-bond acceptors (Lipinski definition) is 4. The molecular formula is C14H20N2O2S. The Hall–Kier alpha value is -1.23. The molecule has 0 atom stereocenters. The van der Waals surface area contributed by atoms with Gasteiger partial charge in [-0.15, -0.1) is 11.8 Å². The molecule has 0 heterocycles. The molecule has 4 nitrogen and oxygen atoms in total. The summed E-state index contributed by atoms with van der Waals surface area (Å²) in [5, 5.41) is 14.1. The second-order valence-electron chi connectivity index (χ2n) is 4.96. The summed E-state index contributed by atoms with van der Waals surface area (Å²) in [7, 11) is 0. The quantitative estimate of drug-likeness (QED) is 0.479. The van der Waals surface area contributed by atoms with E-state index in [9.17, 15) is 10.1 Å². The molecule has 1 saturated carbocycles. The number of non-ortho nitro benzene ring substituents is 1. The molecule has 2 rings (SSSR count). The lowest BCUT2D eigenvalue weighted by Crippen LogP contribution is -1.99. The van der Waals surface area contributed by atoms with E-state index in [1.165, 1.54) is 25.7 Å². The fourth-order valence-electron chi connectivity index (χ4n) is 2.47. The molecule has 0 radical (unpaired) electrons. The molecule has 1 aliphatic carbocycles. The Morgan fingerprint density at radius 2 is 2.11 bits per heavy atom. The van der Waals surface area contributed by atoms with Gasteiger partial charge in [0.25, 0.3) is 5.69 Å². The summed E-state index contributed by atoms with van der Waals surface area (Å²) in [6, 6.07) is 5.29. The number of anilines is 1. The number of rotatable bonds is 6. The van der Waals surface area contributed by atoms with Crippen molar-refractivity contribution in [3.05, 3.63) is 28.3 Å². The lowest BCUT2D eigenvalue weighted by molar-refractivity contribution is -0.385. The van der Waals surface area contributed by atoms with Gasteiger partial charge in [0.1, 0.15) is 0 Å². The Bertz CT molecular complexity index is 445. The van der Waals surface area contributed by atoms with Crippen LogP contribution in [0.3, 0.4) is 0 Å². The second-order valence-corrected chi connectivity index (χ2v) is 6.06. The number of thioether (sulfide) groups is 1. The number of nitrogens with one attached hydrogen (secondary N) is 1. The van der Waals surface area contributed by atoms with E-state index >= 15 is 0 Å². The molecule has 0 unspecified atom stereocenters. The van der Waals surface area contributed by atoms with Gasteiger partial charge in [0.05, 0.1) is 4.92 Å². The minimum atomic E-state index is -0.319. The molecule has 1 fully saturated rings. The van der Waals surface area contributed by atoms with E-state index in [4.69, 9.17) is 0 Å². The zero-order valence-electron chi connectivity index (χ0n) is 11.2. The molecule has 104 valence electrons. The van der Waals surface area contributed by atoms with Crippen LogP contribution in [0, 0.1) is 16.0 Å². The Kier molecular flexibility index (Phi) is 5.07. The third-order valence-corrected chi connectivity index (χ3v) is 4.65. The van der Waals surface area contributed by atoms with Crippen molar-refractivity contribution >= 4 is 23.1 Å². The summed E-state index contributed by atoms with van der Waals surface area (Å²) >= 11 is 1.74. The van der Waals surface area contributed by atoms with Gasteiger partial charge >= 0.3 is 0 Å². The van der Waals surface area contributed by atoms with Crippen molar-refractivity contribution in [2.75, 3.05) is 17.6 Å². The van der Waals surface area contributed by atoms with Crippen LogP contribution in [0.5, 0.6) is 0 Å². The van der Waals surface area contributed by atoms with Crippen molar-refractivity contribution < 1.29 is 4.92 Å². The predicted molar refractivity (Wildman–Crippen MR) is 79.9 cm³/mol. The van der Waals surface area contributed by atoms with Crippen LogP contribution < -0.4 is 5.32 Å². The van der Waals surface area contributed by atoms with Gasteiger partial charge in [0, 0.05) is 35.0 Å². The molecule has 1 aliphatic rings. The lowest BCUT2D eigenvalue weighted by Gasteiger charge is -2.10. The number of benzene rings is 1. The van der Waals surface area contributed by atoms with Crippen LogP contribution in [-0.4, -0.2) is 17.2 Å². The Balaban J connectivity index is 2.06. The van der Waals surface area contributed by atoms with Gasteiger partial charge in [-0.05, 0) is 31.7 Å². The highest BCUT2D eigenvalue weighted by atomic mass is 32.2. The third-order valence-electron chi connectivity index (χ3n) is 3.44. The van der Waals surface area contributed by atoms with E-state index in [0.29, 0.717) is 0 Å². The number of nitro benzene ring substituents is 1. The molecule has 1 N–H and O–H groups in total. The summed E-state index contributed by atoms with van der Waals surface area (Å²) in [5.74, 6) is 1.86. The van der Waals surface area contributed by atoms with Gasteiger partial charge in [-0.3, -0.25) is 10.1 Å². The highest BCUT2D eigenvalue weighted by Crippen LogP contribution is 2.33. The van der Waals surface area contributed by atoms with Crippen LogP contribution in [0.15, 0.2) is 23.1 Å². The average molecular weight is 280 g/mol. The van der Waals surface area contributed by atoms with E-state index in [1.807, 2.05) is 13.0 Å². The SMILES string of the molecule is CCNc1cc(SCC2CCCC2)cc([N+](=O)[O-])c1. The predicted octanol–water partition coefficient (Wildman–Crippen LogP) is 4.31. The third kappa shape index (κ3) is 4.13. The van der Waals surface area contributed by atoms with Crippen molar-refractivity contribution in [1.82, 2.24) is 0 Å². The van der Waals surface area contributed by atoms with Gasteiger partial charge < -0.3 is 5.32 Å². The second kappa shape index (κ2) is 6.80. The minimum absolute atomic E-state index is 0.173. The van der Waals surface area contributed by atoms with Crippen molar-refractivity contribution in [1.29, 1.82) is 0 Å². The first-order chi connectivity index (χ1) is 9.19. The number of nitro groups is 1. The molecule has 0 aliphatic heterocycles. The summed E-state index contributed by atoms with van der Waals surface area (Å²) in [6.45, 7) is 2.76. The van der Waals surface area contributed by atoms with Crippen LogP contribution in [0.25, 0.3) is 0 Å². The molecule has 0 amide bonds. The molecule has 0 aromatic heterocycles. The van der Waals surface area contributed by atoms with E-state index in [0.717, 1.165) is 28.8 Å². The van der Waals surface area contributed by atoms with Crippen molar-refractivity contribution in [2.24, 2.45) is 5.92 Å². The van der Waals surface area contributed by atoms with Crippen LogP contribution >= 0.6 is 11.8 Å². The fraction of sp³-hybridized carbons (Fsp3) is 0.571. The van der Waals surface area contributed by atoms with Crippen LogP contribution in [0.2, 0.25) is 0 Å². The van der Waals surface area contributed by atoms with E-state index in [-0.39, 0.29) is 10.6 Å². The van der Waals surface area contributed by atoms with Crippen LogP contribution in [0.1, 0.15) is 32.6 Å². The van der Waals surface area contributed by atoms with Crippen LogP contribution in [-0.2, 0) is 0 Å². The first-order valence-corrected chi connectivity index (χ1v) is 7.83. The monoisotopic (exact) mass is 280 g/mol. The zero-order valence-corrected chi connectivity index (χ0v) is 12.0. The van der Waals surface area contributed by atoms with Gasteiger partial charge in [-0.1, -0.05) is 12.8 Å². The van der Waals surface area contributed by atoms with Gasteiger partial charge in [0.2, 0.25) is 0 Å². The number of hydrogen-bond donors (Lipinski definition) is 1. The molecular weight excluding hydrogens is 260 g/mol. The van der Waals surface area contributed by atoms with Gasteiger partial charge in [-0.25, -0.2) is 0 Å². The maximum Gasteiger partial charge on any atom is 0.272 e. The maximum absolute atomic E-state index is 10.9. The standard InChI is InChI=1S/C14H20N2O2S/c1-2-15-12-7-13(16(17)18)9-14(8-12)19-10-11-5-3-4-6-11/h7-9,11,15H,2-6,10H2,1H3. The topological polar surface area (TPSA) is 55.2 Å². The Morgan fingerprint density at radius 3 is 2.74 bits per heavy atom. The van der Waals surface area contributed by atoms with Gasteiger partial charge in [-0.2, -0.15) is 0 Å². The average Bonchev–Trinajstić information content (AvgIpc) is 2.89. The fourth-order valence-corrected chi connectivity index (χ4v) is 3.65. The first kappa shape index (κ1) is 14.2. The molecule has 0 bridgehead atoms. The van der Waals surface area contributed by atoms with E-state index in [1.54, 1.807) is 23.9 Å². The van der Waals surface area contributed by atoms with Crippen LogP contribution in [0.4, 0.5) is 11.4 Å². The summed E-state index contributed by atoms with van der Waals surface area (Å²) < 4.78 is 0. The van der Waals surface area contributed by atoms with Crippen molar-refractivity contribution in [3.63, 3.8) is 0 Å². The highest BCUT2D eigenvalue weighted by molar-refractivity contribution is 7.99. The molecule has 0 spiro atoms. The molecule has 19 heavy (non-hydrogen) atoms. The zero-order chi connectivity index (χ0) is 13.7. The maximum atomic E-state index is 10.9. The molecule has 1 aromatic rings. The minimum Gasteiger partial charge on any atom is -0.385 e. The highest BCUT2D eigenvalue weighted by Gasteiger charge is 2.16. The lowest BCUT2D eigenvalue weighted by atomic mass is 10.1. The first-order valence-electron chi connectivity index (χ1n) is 6.85. The van der Waals surface area contributed by atoms with Crippen molar-refractivity contribution in [2.45, 2.75) is 37.5 Å². The molecule has 0 saturated heterocycles. The molecule has 5 heteroatoms. The smallest absolute Gasteiger partial charge is 0.272 e.